The molecule has 0 radical (unpaired) electrons. The second kappa shape index (κ2) is 10.1. The zero-order chi connectivity index (χ0) is 23.5. The molecule has 1 heterocycles. The summed E-state index contributed by atoms with van der Waals surface area (Å²) in [5.41, 5.74) is 3.90. The van der Waals surface area contributed by atoms with Gasteiger partial charge in [-0.05, 0) is 76.3 Å². The van der Waals surface area contributed by atoms with E-state index in [2.05, 4.69) is 10.2 Å². The van der Waals surface area contributed by atoms with Gasteiger partial charge in [-0.3, -0.25) is 9.69 Å². The standard InChI is InChI=1S/C25H35N3O3S/c1-18(2)28(32(30,31)23-11-6-8-19(3)16-23)22-12-14-27(15-13-22)17-24(29)26-25-20(4)9-7-10-21(25)5/h6-11,16,18,22H,12-15,17H2,1-5H3,(H,26,29). The van der Waals surface area contributed by atoms with E-state index in [1.54, 1.807) is 22.5 Å². The van der Waals surface area contributed by atoms with E-state index in [-0.39, 0.29) is 18.0 Å². The van der Waals surface area contributed by atoms with Gasteiger partial charge in [0.25, 0.3) is 0 Å². The van der Waals surface area contributed by atoms with Crippen LogP contribution in [0.15, 0.2) is 47.4 Å². The number of benzene rings is 2. The van der Waals surface area contributed by atoms with Gasteiger partial charge in [-0.1, -0.05) is 30.3 Å². The van der Waals surface area contributed by atoms with Crippen molar-refractivity contribution < 1.29 is 13.2 Å². The van der Waals surface area contributed by atoms with Crippen molar-refractivity contribution in [1.29, 1.82) is 0 Å². The van der Waals surface area contributed by atoms with Crippen LogP contribution in [0.4, 0.5) is 5.69 Å². The average molecular weight is 458 g/mol. The fourth-order valence-electron chi connectivity index (χ4n) is 4.52. The summed E-state index contributed by atoms with van der Waals surface area (Å²) >= 11 is 0. The van der Waals surface area contributed by atoms with Gasteiger partial charge in [-0.15, -0.1) is 0 Å². The number of amides is 1. The summed E-state index contributed by atoms with van der Waals surface area (Å²) in [5.74, 6) is -0.0334. The number of anilines is 1. The first-order valence-corrected chi connectivity index (χ1v) is 12.7. The van der Waals surface area contributed by atoms with Crippen molar-refractivity contribution in [3.05, 3.63) is 59.2 Å². The fourth-order valence-corrected chi connectivity index (χ4v) is 6.51. The number of nitrogens with zero attached hydrogens (tertiary/aromatic N) is 2. The molecular formula is C25H35N3O3S. The number of aryl methyl sites for hydroxylation is 3. The highest BCUT2D eigenvalue weighted by atomic mass is 32.2. The van der Waals surface area contributed by atoms with Crippen LogP contribution < -0.4 is 5.32 Å². The predicted octanol–water partition coefficient (Wildman–Crippen LogP) is 4.11. The summed E-state index contributed by atoms with van der Waals surface area (Å²) in [6.45, 7) is 11.4. The number of nitrogens with one attached hydrogen (secondary N) is 1. The first kappa shape index (κ1) is 24.4. The van der Waals surface area contributed by atoms with E-state index in [0.717, 1.165) is 22.4 Å². The van der Waals surface area contributed by atoms with Crippen LogP contribution in [0, 0.1) is 20.8 Å². The zero-order valence-corrected chi connectivity index (χ0v) is 20.6. The van der Waals surface area contributed by atoms with E-state index in [9.17, 15) is 13.2 Å². The second-order valence-corrected chi connectivity index (χ2v) is 10.9. The van der Waals surface area contributed by atoms with Gasteiger partial charge in [0.1, 0.15) is 0 Å². The molecule has 1 saturated heterocycles. The Morgan fingerprint density at radius 3 is 2.22 bits per heavy atom. The van der Waals surface area contributed by atoms with E-state index < -0.39 is 10.0 Å². The summed E-state index contributed by atoms with van der Waals surface area (Å²) in [6, 6.07) is 12.9. The lowest BCUT2D eigenvalue weighted by Gasteiger charge is -2.39. The fraction of sp³-hybridized carbons (Fsp3) is 0.480. The Morgan fingerprint density at radius 2 is 1.66 bits per heavy atom. The Labute approximate surface area is 192 Å². The molecule has 1 fully saturated rings. The molecular weight excluding hydrogens is 422 g/mol. The van der Waals surface area contributed by atoms with Crippen LogP contribution in [0.2, 0.25) is 0 Å². The molecule has 0 bridgehead atoms. The molecule has 0 spiro atoms. The van der Waals surface area contributed by atoms with Crippen LogP contribution in [0.25, 0.3) is 0 Å². The summed E-state index contributed by atoms with van der Waals surface area (Å²) in [7, 11) is -3.58. The number of sulfonamides is 1. The number of para-hydroxylation sites is 1. The van der Waals surface area contributed by atoms with Crippen LogP contribution in [0.3, 0.4) is 0 Å². The normalized spacial score (nSPS) is 16.0. The van der Waals surface area contributed by atoms with Crippen molar-refractivity contribution in [2.24, 2.45) is 0 Å². The molecule has 3 rings (SSSR count). The van der Waals surface area contributed by atoms with Crippen molar-refractivity contribution >= 4 is 21.6 Å². The van der Waals surface area contributed by atoms with E-state index in [0.29, 0.717) is 37.4 Å². The molecule has 1 aliphatic heterocycles. The Hall–Kier alpha value is -2.22. The van der Waals surface area contributed by atoms with Gasteiger partial charge in [0.2, 0.25) is 15.9 Å². The van der Waals surface area contributed by atoms with Crippen molar-refractivity contribution in [1.82, 2.24) is 9.21 Å². The Morgan fingerprint density at radius 1 is 1.06 bits per heavy atom. The highest BCUT2D eigenvalue weighted by molar-refractivity contribution is 7.89. The third kappa shape index (κ3) is 5.57. The number of carbonyl (C=O) groups excluding carboxylic acids is 1. The third-order valence-corrected chi connectivity index (χ3v) is 8.23. The van der Waals surface area contributed by atoms with Crippen LogP contribution in [0.1, 0.15) is 43.4 Å². The van der Waals surface area contributed by atoms with Crippen molar-refractivity contribution in [2.75, 3.05) is 25.0 Å². The Bertz CT molecular complexity index is 1040. The molecule has 0 aliphatic carbocycles. The molecule has 174 valence electrons. The minimum absolute atomic E-state index is 0.0334. The lowest BCUT2D eigenvalue weighted by Crippen LogP contribution is -2.51. The molecule has 32 heavy (non-hydrogen) atoms. The molecule has 0 atom stereocenters. The molecule has 0 aromatic heterocycles. The molecule has 6 nitrogen and oxygen atoms in total. The maximum absolute atomic E-state index is 13.4. The monoisotopic (exact) mass is 457 g/mol. The molecule has 0 saturated carbocycles. The van der Waals surface area contributed by atoms with Gasteiger partial charge < -0.3 is 5.32 Å². The number of likely N-dealkylation sites (tertiary alicyclic amines) is 1. The number of rotatable bonds is 7. The number of piperidine rings is 1. The lowest BCUT2D eigenvalue weighted by atomic mass is 10.0. The van der Waals surface area contributed by atoms with Gasteiger partial charge >= 0.3 is 0 Å². The van der Waals surface area contributed by atoms with Gasteiger partial charge in [-0.2, -0.15) is 4.31 Å². The number of hydrogen-bond acceptors (Lipinski definition) is 4. The van der Waals surface area contributed by atoms with Crippen molar-refractivity contribution in [3.8, 4) is 0 Å². The van der Waals surface area contributed by atoms with Crippen molar-refractivity contribution in [3.63, 3.8) is 0 Å². The molecule has 2 aromatic carbocycles. The predicted molar refractivity (Wildman–Crippen MR) is 129 cm³/mol. The first-order valence-electron chi connectivity index (χ1n) is 11.3. The molecule has 1 N–H and O–H groups in total. The summed E-state index contributed by atoms with van der Waals surface area (Å²) in [4.78, 5) is 15.1. The molecule has 1 amide bonds. The number of carbonyl (C=O) groups is 1. The van der Waals surface area contributed by atoms with Crippen LogP contribution in [-0.4, -0.2) is 55.2 Å². The van der Waals surface area contributed by atoms with Gasteiger partial charge in [0.15, 0.2) is 0 Å². The molecule has 7 heteroatoms. The van der Waals surface area contributed by atoms with Gasteiger partial charge in [0, 0.05) is 30.9 Å². The number of hydrogen-bond donors (Lipinski definition) is 1. The smallest absolute Gasteiger partial charge is 0.243 e. The Balaban J connectivity index is 1.64. The minimum Gasteiger partial charge on any atom is -0.324 e. The minimum atomic E-state index is -3.58. The zero-order valence-electron chi connectivity index (χ0n) is 19.8. The van der Waals surface area contributed by atoms with E-state index in [1.165, 1.54) is 0 Å². The Kier molecular flexibility index (Phi) is 7.75. The third-order valence-electron chi connectivity index (χ3n) is 6.10. The second-order valence-electron chi connectivity index (χ2n) is 9.07. The summed E-state index contributed by atoms with van der Waals surface area (Å²) in [6.07, 6.45) is 1.42. The van der Waals surface area contributed by atoms with Crippen molar-refractivity contribution in [2.45, 2.75) is 64.4 Å². The van der Waals surface area contributed by atoms with E-state index >= 15 is 0 Å². The average Bonchev–Trinajstić information content (AvgIpc) is 2.72. The highest BCUT2D eigenvalue weighted by Gasteiger charge is 2.35. The molecule has 0 unspecified atom stereocenters. The van der Waals surface area contributed by atoms with E-state index in [1.807, 2.05) is 58.9 Å². The van der Waals surface area contributed by atoms with Gasteiger partial charge in [0.05, 0.1) is 11.4 Å². The summed E-state index contributed by atoms with van der Waals surface area (Å²) in [5, 5.41) is 3.04. The van der Waals surface area contributed by atoms with Gasteiger partial charge in [-0.25, -0.2) is 8.42 Å². The maximum atomic E-state index is 13.4. The molecule has 1 aliphatic rings. The molecule has 2 aromatic rings. The van der Waals surface area contributed by atoms with Crippen LogP contribution in [0.5, 0.6) is 0 Å². The SMILES string of the molecule is Cc1cccc(S(=O)(=O)N(C(C)C)C2CCN(CC(=O)Nc3c(C)cccc3C)CC2)c1. The maximum Gasteiger partial charge on any atom is 0.243 e. The first-order chi connectivity index (χ1) is 15.1. The lowest BCUT2D eigenvalue weighted by molar-refractivity contribution is -0.117. The largest absolute Gasteiger partial charge is 0.324 e. The van der Waals surface area contributed by atoms with Crippen LogP contribution in [-0.2, 0) is 14.8 Å². The topological polar surface area (TPSA) is 69.7 Å². The van der Waals surface area contributed by atoms with E-state index in [4.69, 9.17) is 0 Å². The summed E-state index contributed by atoms with van der Waals surface area (Å²) < 4.78 is 28.5. The van der Waals surface area contributed by atoms with Crippen LogP contribution >= 0.6 is 0 Å². The quantitative estimate of drug-likeness (QED) is 0.679. The highest BCUT2D eigenvalue weighted by Crippen LogP contribution is 2.27.